The Labute approximate surface area is 73.4 Å². The summed E-state index contributed by atoms with van der Waals surface area (Å²) in [5.74, 6) is -1.65. The van der Waals surface area contributed by atoms with Gasteiger partial charge in [0.1, 0.15) is 0 Å². The molecule has 0 radical (unpaired) electrons. The first-order valence-corrected chi connectivity index (χ1v) is 3.38. The molecule has 0 aliphatic heterocycles. The summed E-state index contributed by atoms with van der Waals surface area (Å²) in [5, 5.41) is 11.1. The van der Waals surface area contributed by atoms with Crippen molar-refractivity contribution in [2.45, 2.75) is 39.1 Å². The molecule has 0 amide bonds. The van der Waals surface area contributed by atoms with E-state index in [4.69, 9.17) is 10.6 Å². The molecular weight excluding hydrogens is 142 g/mol. The fourth-order valence-electron chi connectivity index (χ4n) is 0.429. The van der Waals surface area contributed by atoms with Gasteiger partial charge in [-0.05, 0) is 33.7 Å². The third-order valence-corrected chi connectivity index (χ3v) is 0.791. The maximum atomic E-state index is 10.5. The lowest BCUT2D eigenvalue weighted by atomic mass is 10.1. The summed E-state index contributed by atoms with van der Waals surface area (Å²) in [6.07, 6.45) is -3.30. The van der Waals surface area contributed by atoms with Gasteiger partial charge in [-0.3, -0.25) is 4.79 Å². The molecule has 0 saturated heterocycles. The molecule has 3 heteroatoms. The lowest BCUT2D eigenvalue weighted by Gasteiger charge is -2.19. The van der Waals surface area contributed by atoms with Gasteiger partial charge in [0.25, 0.3) is 0 Å². The number of nitrogens with one attached hydrogen (secondary N) is 1. The Kier molecular flexibility index (Phi) is 2.03. The highest BCUT2D eigenvalue weighted by atomic mass is 16.4. The molecule has 0 bridgehead atoms. The van der Waals surface area contributed by atoms with Crippen molar-refractivity contribution in [3.63, 3.8) is 0 Å². The molecule has 3 nitrogen and oxygen atoms in total. The summed E-state index contributed by atoms with van der Waals surface area (Å²) in [6, 6.07) is 0. The van der Waals surface area contributed by atoms with Crippen LogP contribution in [0, 0.1) is 0 Å². The van der Waals surface area contributed by atoms with E-state index in [1.807, 2.05) is 0 Å². The number of rotatable bonds is 4. The van der Waals surface area contributed by atoms with E-state index in [1.165, 1.54) is 0 Å². The number of carbonyl (C=O) groups is 1. The van der Waals surface area contributed by atoms with E-state index in [9.17, 15) is 4.79 Å². The average molecular weight is 163 g/mol. The Bertz CT molecular complexity index is 248. The van der Waals surface area contributed by atoms with E-state index in [0.29, 0.717) is 0 Å². The lowest BCUT2D eigenvalue weighted by molar-refractivity contribution is -0.137. The number of hydrogen-bond donors (Lipinski definition) is 2. The Morgan fingerprint density at radius 3 is 2.55 bits per heavy atom. The molecule has 2 N–H and O–H groups in total. The van der Waals surface area contributed by atoms with Crippen LogP contribution in [0.5, 0.6) is 0 Å². The van der Waals surface area contributed by atoms with E-state index >= 15 is 0 Å². The predicted molar refractivity (Wildman–Crippen MR) is 44.6 cm³/mol. The van der Waals surface area contributed by atoms with Gasteiger partial charge < -0.3 is 10.4 Å². The standard InChI is InChI=1S/C8H17NO2/c1-8(2,3)9-6-4-5-7(10)11/h9H,4-6H2,1-3H3,(H,10,11)/i5D2,6D2. The van der Waals surface area contributed by atoms with Crippen molar-refractivity contribution in [1.82, 2.24) is 5.32 Å². The third kappa shape index (κ3) is 9.43. The van der Waals surface area contributed by atoms with Crippen LogP contribution in [0.4, 0.5) is 0 Å². The summed E-state index contributed by atoms with van der Waals surface area (Å²) in [4.78, 5) is 10.5. The minimum atomic E-state index is -2.57. The molecule has 0 saturated carbocycles. The summed E-state index contributed by atoms with van der Waals surface area (Å²) in [6.45, 7) is 3.11. The molecule has 0 rings (SSSR count). The zero-order chi connectivity index (χ0) is 12.5. The van der Waals surface area contributed by atoms with E-state index in [0.717, 1.165) is 0 Å². The highest BCUT2D eigenvalue weighted by Gasteiger charge is 2.07. The number of hydrogen-bond acceptors (Lipinski definition) is 2. The minimum Gasteiger partial charge on any atom is -0.481 e. The normalized spacial score (nSPS) is 19.5. The molecule has 0 atom stereocenters. The first-order valence-electron chi connectivity index (χ1n) is 5.38. The molecule has 0 fully saturated rings. The van der Waals surface area contributed by atoms with Gasteiger partial charge in [0.05, 0.1) is 0 Å². The van der Waals surface area contributed by atoms with Crippen LogP contribution in [0.3, 0.4) is 0 Å². The molecule has 0 aromatic heterocycles. The quantitative estimate of drug-likeness (QED) is 0.655. The van der Waals surface area contributed by atoms with E-state index in [1.54, 1.807) is 20.8 Å². The van der Waals surface area contributed by atoms with Crippen LogP contribution in [0.15, 0.2) is 0 Å². The predicted octanol–water partition coefficient (Wildman–Crippen LogP) is 1.24. The summed E-state index contributed by atoms with van der Waals surface area (Å²) in [5.41, 5.74) is -0.544. The Hall–Kier alpha value is -0.570. The second-order valence-electron chi connectivity index (χ2n) is 3.21. The fraction of sp³-hybridized carbons (Fsp3) is 0.875. The topological polar surface area (TPSA) is 49.3 Å². The van der Waals surface area contributed by atoms with Gasteiger partial charge in [0, 0.05) is 17.4 Å². The second kappa shape index (κ2) is 4.34. The van der Waals surface area contributed by atoms with Gasteiger partial charge in [-0.1, -0.05) is 0 Å². The van der Waals surface area contributed by atoms with Gasteiger partial charge >= 0.3 is 5.97 Å². The molecule has 0 heterocycles. The Balaban J connectivity index is 4.58. The molecule has 0 aliphatic carbocycles. The molecule has 0 spiro atoms. The van der Waals surface area contributed by atoms with Crippen LogP contribution in [-0.2, 0) is 4.79 Å². The molecule has 0 aliphatic rings. The fourth-order valence-corrected chi connectivity index (χ4v) is 0.429. The van der Waals surface area contributed by atoms with E-state index < -0.39 is 30.8 Å². The van der Waals surface area contributed by atoms with Gasteiger partial charge in [-0.15, -0.1) is 0 Å². The molecule has 0 unspecified atom stereocenters. The van der Waals surface area contributed by atoms with Crippen molar-refractivity contribution in [2.75, 3.05) is 6.50 Å². The molecule has 0 aromatic rings. The van der Waals surface area contributed by atoms with Crippen molar-refractivity contribution < 1.29 is 15.4 Å². The van der Waals surface area contributed by atoms with Crippen LogP contribution >= 0.6 is 0 Å². The van der Waals surface area contributed by atoms with E-state index in [-0.39, 0.29) is 0 Å². The number of carboxylic acid groups (broad SMARTS) is 1. The smallest absolute Gasteiger partial charge is 0.303 e. The number of aliphatic carboxylic acids is 1. The highest BCUT2D eigenvalue weighted by Crippen LogP contribution is 1.98. The van der Waals surface area contributed by atoms with Crippen molar-refractivity contribution in [3.8, 4) is 0 Å². The van der Waals surface area contributed by atoms with Crippen molar-refractivity contribution in [1.29, 1.82) is 0 Å². The number of carboxylic acids is 1. The minimum absolute atomic E-state index is 0.544. The van der Waals surface area contributed by atoms with Gasteiger partial charge in [-0.2, -0.15) is 0 Å². The SMILES string of the molecule is [2H]C([2H])(CC([2H])([2H])C(=O)O)NC(C)(C)C. The van der Waals surface area contributed by atoms with Gasteiger partial charge in [0.15, 0.2) is 0 Å². The van der Waals surface area contributed by atoms with Crippen LogP contribution in [-0.4, -0.2) is 23.1 Å². The maximum absolute atomic E-state index is 10.5. The largest absolute Gasteiger partial charge is 0.481 e. The molecule has 0 aromatic carbocycles. The summed E-state index contributed by atoms with van der Waals surface area (Å²) >= 11 is 0. The van der Waals surface area contributed by atoms with Crippen molar-refractivity contribution in [2.24, 2.45) is 0 Å². The van der Waals surface area contributed by atoms with Crippen LogP contribution < -0.4 is 5.32 Å². The summed E-state index contributed by atoms with van der Waals surface area (Å²) < 4.78 is 29.2. The average Bonchev–Trinajstić information content (AvgIpc) is 1.75. The van der Waals surface area contributed by atoms with E-state index in [2.05, 4.69) is 5.32 Å². The monoisotopic (exact) mass is 163 g/mol. The highest BCUT2D eigenvalue weighted by molar-refractivity contribution is 5.66. The van der Waals surface area contributed by atoms with Crippen molar-refractivity contribution in [3.05, 3.63) is 0 Å². The van der Waals surface area contributed by atoms with Crippen LogP contribution in [0.2, 0.25) is 0 Å². The third-order valence-electron chi connectivity index (χ3n) is 0.791. The zero-order valence-corrected chi connectivity index (χ0v) is 7.06. The van der Waals surface area contributed by atoms with Gasteiger partial charge in [0.2, 0.25) is 0 Å². The lowest BCUT2D eigenvalue weighted by Crippen LogP contribution is -2.36. The van der Waals surface area contributed by atoms with Gasteiger partial charge in [-0.25, -0.2) is 0 Å². The second-order valence-corrected chi connectivity index (χ2v) is 3.21. The molecule has 66 valence electrons. The van der Waals surface area contributed by atoms with Crippen LogP contribution in [0.1, 0.15) is 39.0 Å². The molecule has 11 heavy (non-hydrogen) atoms. The Morgan fingerprint density at radius 2 is 2.18 bits per heavy atom. The first kappa shape index (κ1) is 5.14. The Morgan fingerprint density at radius 1 is 1.64 bits per heavy atom. The zero-order valence-electron chi connectivity index (χ0n) is 11.1. The maximum Gasteiger partial charge on any atom is 0.303 e. The summed E-state index contributed by atoms with van der Waals surface area (Å²) in [7, 11) is 0. The first-order chi connectivity index (χ1) is 6.36. The van der Waals surface area contributed by atoms with Crippen molar-refractivity contribution >= 4 is 5.97 Å². The molecular formula is C8H17NO2. The van der Waals surface area contributed by atoms with Crippen LogP contribution in [0.25, 0.3) is 0 Å².